The van der Waals surface area contributed by atoms with Gasteiger partial charge in [-0.2, -0.15) is 9.97 Å². The van der Waals surface area contributed by atoms with Gasteiger partial charge in [0.2, 0.25) is 5.95 Å². The average Bonchev–Trinajstić information content (AvgIpc) is 2.70. The van der Waals surface area contributed by atoms with E-state index < -0.39 is 0 Å². The van der Waals surface area contributed by atoms with E-state index >= 15 is 0 Å². The zero-order chi connectivity index (χ0) is 19.5. The summed E-state index contributed by atoms with van der Waals surface area (Å²) in [6, 6.07) is 0. The maximum atomic E-state index is 5.43. The van der Waals surface area contributed by atoms with Crippen LogP contribution in [0.2, 0.25) is 0 Å². The van der Waals surface area contributed by atoms with Crippen LogP contribution in [-0.2, 0) is 4.74 Å². The van der Waals surface area contributed by atoms with Gasteiger partial charge in [-0.3, -0.25) is 4.90 Å². The normalized spacial score (nSPS) is 19.3. The van der Waals surface area contributed by atoms with E-state index in [9.17, 15) is 0 Å². The van der Waals surface area contributed by atoms with Crippen LogP contribution in [0.4, 0.5) is 11.8 Å². The minimum atomic E-state index is 0.668. The first kappa shape index (κ1) is 19.2. The molecule has 2 aromatic rings. The lowest BCUT2D eigenvalue weighted by molar-refractivity contribution is 0.0398. The summed E-state index contributed by atoms with van der Waals surface area (Å²) in [6.07, 6.45) is 0. The number of aryl methyl sites for hydroxylation is 2. The van der Waals surface area contributed by atoms with E-state index in [1.54, 1.807) is 0 Å². The van der Waals surface area contributed by atoms with Crippen LogP contribution in [0.3, 0.4) is 0 Å². The molecule has 0 saturated carbocycles. The van der Waals surface area contributed by atoms with Crippen molar-refractivity contribution in [1.29, 1.82) is 0 Å². The van der Waals surface area contributed by atoms with Crippen LogP contribution in [0.5, 0.6) is 0 Å². The van der Waals surface area contributed by atoms with Gasteiger partial charge in [-0.1, -0.05) is 0 Å². The summed E-state index contributed by atoms with van der Waals surface area (Å²) < 4.78 is 5.43. The lowest BCUT2D eigenvalue weighted by atomic mass is 10.3. The molecule has 0 bridgehead atoms. The highest BCUT2D eigenvalue weighted by Crippen LogP contribution is 2.22. The number of nitrogens with zero attached hydrogens (tertiary/aromatic N) is 7. The fourth-order valence-electron chi connectivity index (χ4n) is 3.53. The molecule has 1 N–H and O–H groups in total. The first-order valence-electron chi connectivity index (χ1n) is 10.1. The Kier molecular flexibility index (Phi) is 5.84. The molecule has 9 heteroatoms. The van der Waals surface area contributed by atoms with E-state index in [4.69, 9.17) is 19.7 Å². The smallest absolute Gasteiger partial charge is 0.229 e. The van der Waals surface area contributed by atoms with E-state index in [1.807, 2.05) is 13.8 Å². The van der Waals surface area contributed by atoms with Crippen molar-refractivity contribution < 1.29 is 4.74 Å². The highest BCUT2D eigenvalue weighted by Gasteiger charge is 2.20. The molecule has 2 aliphatic heterocycles. The molecule has 2 saturated heterocycles. The molecule has 0 spiro atoms. The van der Waals surface area contributed by atoms with Gasteiger partial charge in [0.1, 0.15) is 0 Å². The Morgan fingerprint density at radius 3 is 2.36 bits per heavy atom. The zero-order valence-electron chi connectivity index (χ0n) is 17.1. The lowest BCUT2D eigenvalue weighted by Crippen LogP contribution is -2.45. The van der Waals surface area contributed by atoms with E-state index in [-0.39, 0.29) is 0 Å². The maximum Gasteiger partial charge on any atom is 0.229 e. The first-order valence-corrected chi connectivity index (χ1v) is 10.1. The Morgan fingerprint density at radius 2 is 1.61 bits per heavy atom. The number of anilines is 2. The summed E-state index contributed by atoms with van der Waals surface area (Å²) in [5, 5.41) is 3.50. The van der Waals surface area contributed by atoms with Gasteiger partial charge in [-0.15, -0.1) is 0 Å². The number of piperazine rings is 1. The molecule has 4 heterocycles. The van der Waals surface area contributed by atoms with Crippen molar-refractivity contribution in [2.75, 3.05) is 82.8 Å². The number of morpholine rings is 1. The highest BCUT2D eigenvalue weighted by atomic mass is 16.5. The molecule has 4 rings (SSSR count). The predicted molar refractivity (Wildman–Crippen MR) is 110 cm³/mol. The Labute approximate surface area is 166 Å². The van der Waals surface area contributed by atoms with Crippen molar-refractivity contribution >= 4 is 22.9 Å². The average molecular weight is 387 g/mol. The molecule has 2 aliphatic rings. The van der Waals surface area contributed by atoms with Crippen molar-refractivity contribution in [3.63, 3.8) is 0 Å². The molecule has 28 heavy (non-hydrogen) atoms. The SMILES string of the molecule is Cc1nc2nc(N3CCN(C)CC3)nc(NCCN3CCOCC3)c2nc1C. The summed E-state index contributed by atoms with van der Waals surface area (Å²) in [7, 11) is 2.15. The molecular formula is C19H30N8O. The van der Waals surface area contributed by atoms with Crippen LogP contribution in [0.25, 0.3) is 11.2 Å². The van der Waals surface area contributed by atoms with Crippen molar-refractivity contribution in [1.82, 2.24) is 29.7 Å². The lowest BCUT2D eigenvalue weighted by Gasteiger charge is -2.32. The minimum absolute atomic E-state index is 0.668. The van der Waals surface area contributed by atoms with Gasteiger partial charge < -0.3 is 19.9 Å². The van der Waals surface area contributed by atoms with Crippen LogP contribution in [0, 0.1) is 13.8 Å². The number of fused-ring (bicyclic) bond motifs is 1. The summed E-state index contributed by atoms with van der Waals surface area (Å²) in [5.41, 5.74) is 3.25. The molecule has 152 valence electrons. The fourth-order valence-corrected chi connectivity index (χ4v) is 3.53. The first-order chi connectivity index (χ1) is 13.6. The van der Waals surface area contributed by atoms with Crippen molar-refractivity contribution in [2.45, 2.75) is 13.8 Å². The van der Waals surface area contributed by atoms with Crippen LogP contribution >= 0.6 is 0 Å². The van der Waals surface area contributed by atoms with Crippen LogP contribution < -0.4 is 10.2 Å². The fraction of sp³-hybridized carbons (Fsp3) is 0.684. The third-order valence-corrected chi connectivity index (χ3v) is 5.54. The third kappa shape index (κ3) is 4.31. The largest absolute Gasteiger partial charge is 0.379 e. The second-order valence-corrected chi connectivity index (χ2v) is 7.61. The molecule has 0 atom stereocenters. The number of hydrogen-bond donors (Lipinski definition) is 1. The summed E-state index contributed by atoms with van der Waals surface area (Å²) in [6.45, 7) is 13.2. The molecule has 0 aliphatic carbocycles. The number of rotatable bonds is 5. The summed E-state index contributed by atoms with van der Waals surface area (Å²) >= 11 is 0. The second kappa shape index (κ2) is 8.50. The number of aromatic nitrogens is 4. The third-order valence-electron chi connectivity index (χ3n) is 5.54. The quantitative estimate of drug-likeness (QED) is 0.791. The second-order valence-electron chi connectivity index (χ2n) is 7.61. The van der Waals surface area contributed by atoms with Gasteiger partial charge in [0.25, 0.3) is 0 Å². The molecule has 2 aromatic heterocycles. The van der Waals surface area contributed by atoms with E-state index in [1.165, 1.54) is 0 Å². The van der Waals surface area contributed by atoms with Crippen LogP contribution in [-0.4, -0.2) is 102 Å². The number of ether oxygens (including phenoxy) is 1. The van der Waals surface area contributed by atoms with Gasteiger partial charge >= 0.3 is 0 Å². The van der Waals surface area contributed by atoms with Gasteiger partial charge in [0, 0.05) is 52.4 Å². The van der Waals surface area contributed by atoms with E-state index in [2.05, 4.69) is 32.0 Å². The molecular weight excluding hydrogens is 356 g/mol. The molecule has 9 nitrogen and oxygen atoms in total. The zero-order valence-corrected chi connectivity index (χ0v) is 17.1. The molecule has 2 fully saturated rings. The summed E-state index contributed by atoms with van der Waals surface area (Å²) in [5.74, 6) is 1.52. The Hall–Kier alpha value is -2.10. The number of likely N-dealkylation sites (N-methyl/N-ethyl adjacent to an activating group) is 1. The van der Waals surface area contributed by atoms with Gasteiger partial charge in [-0.25, -0.2) is 9.97 Å². The van der Waals surface area contributed by atoms with Crippen LogP contribution in [0.15, 0.2) is 0 Å². The maximum absolute atomic E-state index is 5.43. The van der Waals surface area contributed by atoms with Crippen LogP contribution in [0.1, 0.15) is 11.4 Å². The Morgan fingerprint density at radius 1 is 0.893 bits per heavy atom. The predicted octanol–water partition coefficient (Wildman–Crippen LogP) is 0.533. The van der Waals surface area contributed by atoms with Crippen molar-refractivity contribution in [2.24, 2.45) is 0 Å². The summed E-state index contributed by atoms with van der Waals surface area (Å²) in [4.78, 5) is 26.0. The van der Waals surface area contributed by atoms with E-state index in [0.717, 1.165) is 94.2 Å². The Balaban J connectivity index is 1.57. The molecule has 0 unspecified atom stereocenters. The van der Waals surface area contributed by atoms with Gasteiger partial charge in [0.15, 0.2) is 17.0 Å². The van der Waals surface area contributed by atoms with Crippen molar-refractivity contribution in [3.8, 4) is 0 Å². The van der Waals surface area contributed by atoms with Gasteiger partial charge in [0.05, 0.1) is 24.6 Å². The topological polar surface area (TPSA) is 82.5 Å². The van der Waals surface area contributed by atoms with Crippen molar-refractivity contribution in [3.05, 3.63) is 11.4 Å². The highest BCUT2D eigenvalue weighted by molar-refractivity contribution is 5.83. The number of nitrogens with one attached hydrogen (secondary N) is 1. The molecule has 0 amide bonds. The molecule has 0 radical (unpaired) electrons. The van der Waals surface area contributed by atoms with E-state index in [0.29, 0.717) is 5.65 Å². The number of hydrogen-bond acceptors (Lipinski definition) is 9. The Bertz CT molecular complexity index is 815. The monoisotopic (exact) mass is 386 g/mol. The van der Waals surface area contributed by atoms with Gasteiger partial charge in [-0.05, 0) is 20.9 Å². The molecule has 0 aromatic carbocycles. The standard InChI is InChI=1S/C19H30N8O/c1-14-15(2)22-18-16(21-14)17(20-4-5-26-10-12-28-13-11-26)23-19(24-18)27-8-6-25(3)7-9-27/h4-13H2,1-3H3,(H,20,22,23,24). The minimum Gasteiger partial charge on any atom is -0.379 e.